The van der Waals surface area contributed by atoms with Crippen molar-refractivity contribution in [2.45, 2.75) is 38.3 Å². The number of carbonyl (C=O) groups excluding carboxylic acids is 2. The molecule has 1 N–H and O–H groups in total. The number of carbonyl (C=O) groups is 2. The zero-order valence-electron chi connectivity index (χ0n) is 15.7. The molecule has 28 heavy (non-hydrogen) atoms. The molecule has 1 saturated heterocycles. The first-order valence-corrected chi connectivity index (χ1v) is 10.1. The predicted molar refractivity (Wildman–Crippen MR) is 109 cm³/mol. The Balaban J connectivity index is 1.53. The third-order valence-corrected chi connectivity index (χ3v) is 5.21. The van der Waals surface area contributed by atoms with Crippen molar-refractivity contribution in [3.05, 3.63) is 52.8 Å². The first-order chi connectivity index (χ1) is 13.5. The van der Waals surface area contributed by atoms with Crippen molar-refractivity contribution in [1.29, 1.82) is 0 Å². The minimum absolute atomic E-state index is 0.178. The number of benzene rings is 1. The molecular weight excluding hydrogens is 424 g/mol. The van der Waals surface area contributed by atoms with Crippen LogP contribution in [0.4, 0.5) is 5.95 Å². The van der Waals surface area contributed by atoms with Gasteiger partial charge in [0, 0.05) is 23.4 Å². The maximum absolute atomic E-state index is 12.6. The van der Waals surface area contributed by atoms with Crippen LogP contribution in [0.5, 0.6) is 0 Å². The molecule has 0 aliphatic carbocycles. The quantitative estimate of drug-likeness (QED) is 0.686. The number of hydrogen-bond donors (Lipinski definition) is 1. The van der Waals surface area contributed by atoms with Crippen LogP contribution in [0, 0.1) is 0 Å². The number of rotatable bonds is 6. The van der Waals surface area contributed by atoms with Gasteiger partial charge >= 0.3 is 5.97 Å². The molecule has 1 aliphatic heterocycles. The fraction of sp³-hybridized carbons (Fsp3) is 0.400. The average molecular weight is 447 g/mol. The maximum atomic E-state index is 12.6. The molecule has 1 aromatic carbocycles. The van der Waals surface area contributed by atoms with Gasteiger partial charge in [-0.2, -0.15) is 0 Å². The highest BCUT2D eigenvalue weighted by Gasteiger charge is 2.32. The number of nitrogens with zero attached hydrogens (tertiary/aromatic N) is 3. The minimum Gasteiger partial charge on any atom is -0.454 e. The average Bonchev–Trinajstić information content (AvgIpc) is 2.73. The Kier molecular flexibility index (Phi) is 6.97. The fourth-order valence-electron chi connectivity index (χ4n) is 3.21. The molecule has 2 atom stereocenters. The van der Waals surface area contributed by atoms with Gasteiger partial charge in [0.15, 0.2) is 6.61 Å². The fourth-order valence-corrected chi connectivity index (χ4v) is 3.47. The van der Waals surface area contributed by atoms with E-state index in [-0.39, 0.29) is 18.6 Å². The number of piperidine rings is 1. The summed E-state index contributed by atoms with van der Waals surface area (Å²) in [6.45, 7) is 2.27. The molecule has 0 saturated carbocycles. The number of hydrogen-bond acceptors (Lipinski definition) is 6. The van der Waals surface area contributed by atoms with Crippen molar-refractivity contribution in [1.82, 2.24) is 15.3 Å². The first-order valence-electron chi connectivity index (χ1n) is 9.29. The second-order valence-corrected chi connectivity index (χ2v) is 7.62. The van der Waals surface area contributed by atoms with Gasteiger partial charge < -0.3 is 15.0 Å². The number of halogens is 1. The van der Waals surface area contributed by atoms with Gasteiger partial charge in [0.25, 0.3) is 5.91 Å². The number of anilines is 1. The number of aromatic nitrogens is 2. The molecule has 148 valence electrons. The lowest BCUT2D eigenvalue weighted by molar-refractivity contribution is -0.150. The Morgan fingerprint density at radius 2 is 1.96 bits per heavy atom. The van der Waals surface area contributed by atoms with E-state index in [1.165, 1.54) is 0 Å². The Morgan fingerprint density at radius 1 is 1.25 bits per heavy atom. The molecule has 0 bridgehead atoms. The summed E-state index contributed by atoms with van der Waals surface area (Å²) in [5.74, 6) is -0.238. The molecular formula is C20H23BrN4O3. The van der Waals surface area contributed by atoms with E-state index in [0.29, 0.717) is 18.9 Å². The van der Waals surface area contributed by atoms with Gasteiger partial charge in [0.2, 0.25) is 5.95 Å². The first kappa shape index (κ1) is 20.3. The Hall–Kier alpha value is -2.48. The summed E-state index contributed by atoms with van der Waals surface area (Å²) in [5, 5.41) is 2.85. The molecule has 2 unspecified atom stereocenters. The third-order valence-electron chi connectivity index (χ3n) is 4.68. The Morgan fingerprint density at radius 3 is 2.68 bits per heavy atom. The van der Waals surface area contributed by atoms with E-state index in [1.807, 2.05) is 36.1 Å². The lowest BCUT2D eigenvalue weighted by atomic mass is 10.0. The lowest BCUT2D eigenvalue weighted by Crippen LogP contribution is -2.47. The molecule has 3 rings (SSSR count). The van der Waals surface area contributed by atoms with Crippen LogP contribution in [0.2, 0.25) is 0 Å². The van der Waals surface area contributed by atoms with Crippen molar-refractivity contribution < 1.29 is 14.3 Å². The third kappa shape index (κ3) is 5.28. The van der Waals surface area contributed by atoms with E-state index in [9.17, 15) is 9.59 Å². The molecule has 0 radical (unpaired) electrons. The van der Waals surface area contributed by atoms with Gasteiger partial charge in [-0.3, -0.25) is 4.79 Å². The number of nitrogens with one attached hydrogen (secondary N) is 1. The van der Waals surface area contributed by atoms with Crippen LogP contribution in [0.25, 0.3) is 0 Å². The Labute approximate surface area is 172 Å². The van der Waals surface area contributed by atoms with E-state index < -0.39 is 12.0 Å². The van der Waals surface area contributed by atoms with Crippen LogP contribution >= 0.6 is 15.9 Å². The minimum atomic E-state index is -0.465. The smallest absolute Gasteiger partial charge is 0.329 e. The summed E-state index contributed by atoms with van der Waals surface area (Å²) in [6, 6.07) is 8.79. The SMILES string of the molecule is CC(NC(=O)COC(=O)C1CCCCN1c1ncccn1)c1ccc(Br)cc1. The highest BCUT2D eigenvalue weighted by Crippen LogP contribution is 2.22. The van der Waals surface area contributed by atoms with E-state index in [4.69, 9.17) is 4.74 Å². The lowest BCUT2D eigenvalue weighted by Gasteiger charge is -2.33. The van der Waals surface area contributed by atoms with Gasteiger partial charge in [-0.15, -0.1) is 0 Å². The van der Waals surface area contributed by atoms with E-state index in [0.717, 1.165) is 22.9 Å². The molecule has 1 aromatic heterocycles. The van der Waals surface area contributed by atoms with Crippen LogP contribution in [-0.4, -0.2) is 41.0 Å². The normalized spacial score (nSPS) is 17.6. The molecule has 1 aliphatic rings. The summed E-state index contributed by atoms with van der Waals surface area (Å²) >= 11 is 3.39. The highest BCUT2D eigenvalue weighted by atomic mass is 79.9. The molecule has 1 fully saturated rings. The summed E-state index contributed by atoms with van der Waals surface area (Å²) < 4.78 is 6.27. The van der Waals surface area contributed by atoms with Gasteiger partial charge in [-0.1, -0.05) is 28.1 Å². The number of amides is 1. The molecule has 8 heteroatoms. The zero-order valence-corrected chi connectivity index (χ0v) is 17.3. The second-order valence-electron chi connectivity index (χ2n) is 6.70. The number of esters is 1. The van der Waals surface area contributed by atoms with Gasteiger partial charge in [0.05, 0.1) is 6.04 Å². The highest BCUT2D eigenvalue weighted by molar-refractivity contribution is 9.10. The monoisotopic (exact) mass is 446 g/mol. The topological polar surface area (TPSA) is 84.4 Å². The Bertz CT molecular complexity index is 801. The maximum Gasteiger partial charge on any atom is 0.329 e. The zero-order chi connectivity index (χ0) is 19.9. The van der Waals surface area contributed by atoms with E-state index >= 15 is 0 Å². The molecule has 1 amide bonds. The standard InChI is InChI=1S/C20H23BrN4O3/c1-14(15-6-8-16(21)9-7-15)24-18(26)13-28-19(27)17-5-2-3-12-25(17)20-22-10-4-11-23-20/h4,6-11,14,17H,2-3,5,12-13H2,1H3,(H,24,26). The van der Waals surface area contributed by atoms with Crippen molar-refractivity contribution in [2.75, 3.05) is 18.1 Å². The van der Waals surface area contributed by atoms with Crippen LogP contribution < -0.4 is 10.2 Å². The summed E-state index contributed by atoms with van der Waals surface area (Å²) in [5.41, 5.74) is 0.975. The van der Waals surface area contributed by atoms with E-state index in [1.54, 1.807) is 18.5 Å². The predicted octanol–water partition coefficient (Wildman–Crippen LogP) is 3.02. The van der Waals surface area contributed by atoms with Crippen LogP contribution in [-0.2, 0) is 14.3 Å². The van der Waals surface area contributed by atoms with Crippen molar-refractivity contribution in [2.24, 2.45) is 0 Å². The molecule has 0 spiro atoms. The molecule has 2 aromatic rings. The largest absolute Gasteiger partial charge is 0.454 e. The van der Waals surface area contributed by atoms with Gasteiger partial charge in [-0.05, 0) is 49.9 Å². The number of ether oxygens (including phenoxy) is 1. The molecule has 7 nitrogen and oxygen atoms in total. The summed E-state index contributed by atoms with van der Waals surface area (Å²) in [6.07, 6.45) is 5.85. The van der Waals surface area contributed by atoms with Crippen LogP contribution in [0.1, 0.15) is 37.8 Å². The van der Waals surface area contributed by atoms with Gasteiger partial charge in [0.1, 0.15) is 6.04 Å². The molecule has 2 heterocycles. The van der Waals surface area contributed by atoms with Crippen LogP contribution in [0.3, 0.4) is 0 Å². The summed E-state index contributed by atoms with van der Waals surface area (Å²) in [4.78, 5) is 35.1. The summed E-state index contributed by atoms with van der Waals surface area (Å²) in [7, 11) is 0. The van der Waals surface area contributed by atoms with E-state index in [2.05, 4.69) is 31.2 Å². The van der Waals surface area contributed by atoms with Crippen molar-refractivity contribution >= 4 is 33.8 Å². The van der Waals surface area contributed by atoms with Crippen molar-refractivity contribution in [3.8, 4) is 0 Å². The van der Waals surface area contributed by atoms with Crippen LogP contribution in [0.15, 0.2) is 47.2 Å². The van der Waals surface area contributed by atoms with Gasteiger partial charge in [-0.25, -0.2) is 14.8 Å². The van der Waals surface area contributed by atoms with Crippen molar-refractivity contribution in [3.63, 3.8) is 0 Å². The second kappa shape index (κ2) is 9.64.